The van der Waals surface area contributed by atoms with Gasteiger partial charge >= 0.3 is 12.3 Å². The molecule has 0 spiro atoms. The minimum Gasteiger partial charge on any atom is -0.350 e. The summed E-state index contributed by atoms with van der Waals surface area (Å²) < 4.78 is 48.4. The van der Waals surface area contributed by atoms with Gasteiger partial charge in [-0.1, -0.05) is 0 Å². The van der Waals surface area contributed by atoms with Crippen molar-refractivity contribution in [2.75, 3.05) is 19.6 Å². The maximum atomic E-state index is 12.4. The van der Waals surface area contributed by atoms with Crippen LogP contribution in [-0.2, 0) is 4.79 Å². The predicted molar refractivity (Wildman–Crippen MR) is 52.2 cm³/mol. The molecule has 1 unspecified atom stereocenters. The van der Waals surface area contributed by atoms with Gasteiger partial charge in [-0.2, -0.15) is 8.78 Å². The Morgan fingerprint density at radius 3 is 2.56 bits per heavy atom. The topological polar surface area (TPSA) is 41.1 Å². The van der Waals surface area contributed by atoms with Crippen molar-refractivity contribution in [1.29, 1.82) is 0 Å². The van der Waals surface area contributed by atoms with Crippen LogP contribution >= 0.6 is 12.4 Å². The quantitative estimate of drug-likeness (QED) is 0.745. The van der Waals surface area contributed by atoms with E-state index in [-0.39, 0.29) is 24.9 Å². The van der Waals surface area contributed by atoms with E-state index in [0.717, 1.165) is 13.0 Å². The monoisotopic (exact) mass is 264 g/mol. The van der Waals surface area contributed by atoms with E-state index in [0.29, 0.717) is 6.54 Å². The molecule has 1 heterocycles. The Balaban J connectivity index is 0.00000225. The Labute approximate surface area is 96.4 Å². The van der Waals surface area contributed by atoms with Gasteiger partial charge in [-0.05, 0) is 25.4 Å². The normalized spacial score (nSPS) is 20.7. The van der Waals surface area contributed by atoms with Crippen molar-refractivity contribution < 1.29 is 22.4 Å². The Morgan fingerprint density at radius 2 is 2.12 bits per heavy atom. The van der Waals surface area contributed by atoms with Gasteiger partial charge in [0, 0.05) is 6.54 Å². The second kappa shape index (κ2) is 6.24. The molecule has 3 nitrogen and oxygen atoms in total. The molecule has 1 aliphatic heterocycles. The van der Waals surface area contributed by atoms with Gasteiger partial charge < -0.3 is 10.6 Å². The highest BCUT2D eigenvalue weighted by molar-refractivity contribution is 5.85. The van der Waals surface area contributed by atoms with E-state index in [1.807, 2.05) is 5.32 Å². The van der Waals surface area contributed by atoms with Crippen molar-refractivity contribution in [2.24, 2.45) is 5.92 Å². The molecular formula is C8H13ClF4N2O. The van der Waals surface area contributed by atoms with Crippen molar-refractivity contribution >= 4 is 18.3 Å². The SMILES string of the molecule is Cl.O=C(NCC1CCNC1)C(F)(F)C(F)F. The van der Waals surface area contributed by atoms with E-state index in [4.69, 9.17) is 0 Å². The maximum absolute atomic E-state index is 12.4. The second-order valence-corrected chi connectivity index (χ2v) is 3.49. The standard InChI is InChI=1S/C8H12F4N2O.ClH/c9-6(10)8(11,12)7(15)14-4-5-1-2-13-3-5;/h5-6,13H,1-4H2,(H,14,15);1H. The number of nitrogens with one attached hydrogen (secondary N) is 2. The van der Waals surface area contributed by atoms with Gasteiger partial charge in [0.1, 0.15) is 0 Å². The number of carbonyl (C=O) groups is 1. The van der Waals surface area contributed by atoms with Gasteiger partial charge in [0.05, 0.1) is 0 Å². The molecule has 1 aliphatic rings. The van der Waals surface area contributed by atoms with Gasteiger partial charge in [0.25, 0.3) is 5.91 Å². The molecule has 1 amide bonds. The molecule has 0 aromatic carbocycles. The summed E-state index contributed by atoms with van der Waals surface area (Å²) in [5, 5.41) is 4.81. The van der Waals surface area contributed by atoms with E-state index in [1.54, 1.807) is 0 Å². The summed E-state index contributed by atoms with van der Waals surface area (Å²) in [7, 11) is 0. The fourth-order valence-corrected chi connectivity index (χ4v) is 1.34. The van der Waals surface area contributed by atoms with E-state index in [2.05, 4.69) is 5.32 Å². The Kier molecular flexibility index (Phi) is 6.02. The van der Waals surface area contributed by atoms with Crippen LogP contribution in [-0.4, -0.2) is 37.9 Å². The molecule has 0 radical (unpaired) electrons. The van der Waals surface area contributed by atoms with Crippen molar-refractivity contribution in [3.8, 4) is 0 Å². The van der Waals surface area contributed by atoms with Crippen LogP contribution in [0.2, 0.25) is 0 Å². The van der Waals surface area contributed by atoms with E-state index in [1.165, 1.54) is 0 Å². The third-order valence-corrected chi connectivity index (χ3v) is 2.29. The first-order valence-electron chi connectivity index (χ1n) is 4.59. The van der Waals surface area contributed by atoms with Crippen LogP contribution in [0.5, 0.6) is 0 Å². The second-order valence-electron chi connectivity index (χ2n) is 3.49. The van der Waals surface area contributed by atoms with Crippen LogP contribution in [0.4, 0.5) is 17.6 Å². The Hall–Kier alpha value is -0.560. The molecule has 1 saturated heterocycles. The van der Waals surface area contributed by atoms with Gasteiger partial charge in [0.2, 0.25) is 0 Å². The fraction of sp³-hybridized carbons (Fsp3) is 0.875. The number of alkyl halides is 4. The number of rotatable bonds is 4. The lowest BCUT2D eigenvalue weighted by Gasteiger charge is -2.16. The third kappa shape index (κ3) is 3.79. The van der Waals surface area contributed by atoms with Crippen molar-refractivity contribution in [3.63, 3.8) is 0 Å². The van der Waals surface area contributed by atoms with Gasteiger partial charge in [-0.25, -0.2) is 8.78 Å². The largest absolute Gasteiger partial charge is 0.383 e. The van der Waals surface area contributed by atoms with Crippen LogP contribution in [0.1, 0.15) is 6.42 Å². The minimum atomic E-state index is -4.59. The highest BCUT2D eigenvalue weighted by atomic mass is 35.5. The summed E-state index contributed by atoms with van der Waals surface area (Å²) >= 11 is 0. The molecule has 1 rings (SSSR count). The zero-order valence-electron chi connectivity index (χ0n) is 8.31. The average molecular weight is 265 g/mol. The van der Waals surface area contributed by atoms with Crippen LogP contribution in [0, 0.1) is 5.92 Å². The number of carbonyl (C=O) groups excluding carboxylic acids is 1. The smallest absolute Gasteiger partial charge is 0.350 e. The highest BCUT2D eigenvalue weighted by Crippen LogP contribution is 2.22. The predicted octanol–water partition coefficient (Wildman–Crippen LogP) is 1.03. The lowest BCUT2D eigenvalue weighted by atomic mass is 10.1. The third-order valence-electron chi connectivity index (χ3n) is 2.29. The lowest BCUT2D eigenvalue weighted by molar-refractivity contribution is -0.169. The van der Waals surface area contributed by atoms with Gasteiger partial charge in [-0.3, -0.25) is 4.79 Å². The number of hydrogen-bond donors (Lipinski definition) is 2. The molecule has 0 bridgehead atoms. The molecule has 0 saturated carbocycles. The summed E-state index contributed by atoms with van der Waals surface area (Å²) in [6, 6.07) is 0. The van der Waals surface area contributed by atoms with E-state index < -0.39 is 18.3 Å². The Bertz CT molecular complexity index is 234. The van der Waals surface area contributed by atoms with Crippen molar-refractivity contribution in [2.45, 2.75) is 18.8 Å². The van der Waals surface area contributed by atoms with Crippen LogP contribution < -0.4 is 10.6 Å². The molecule has 1 atom stereocenters. The zero-order valence-corrected chi connectivity index (χ0v) is 9.13. The summed E-state index contributed by atoms with van der Waals surface area (Å²) in [6.07, 6.45) is -3.21. The molecule has 1 fully saturated rings. The first-order valence-corrected chi connectivity index (χ1v) is 4.59. The van der Waals surface area contributed by atoms with Crippen molar-refractivity contribution in [3.05, 3.63) is 0 Å². The highest BCUT2D eigenvalue weighted by Gasteiger charge is 2.48. The fourth-order valence-electron chi connectivity index (χ4n) is 1.34. The minimum absolute atomic E-state index is 0. The molecule has 8 heteroatoms. The molecule has 16 heavy (non-hydrogen) atoms. The summed E-state index contributed by atoms with van der Waals surface area (Å²) in [4.78, 5) is 10.7. The average Bonchev–Trinajstić information content (AvgIpc) is 2.66. The molecule has 0 aromatic heterocycles. The number of halogens is 5. The van der Waals surface area contributed by atoms with Gasteiger partial charge in [-0.15, -0.1) is 12.4 Å². The van der Waals surface area contributed by atoms with E-state index >= 15 is 0 Å². The van der Waals surface area contributed by atoms with Crippen LogP contribution in [0.15, 0.2) is 0 Å². The molecule has 2 N–H and O–H groups in total. The first kappa shape index (κ1) is 15.4. The Morgan fingerprint density at radius 1 is 1.50 bits per heavy atom. The molecule has 0 aromatic rings. The number of amides is 1. The summed E-state index contributed by atoms with van der Waals surface area (Å²) in [5.41, 5.74) is 0. The molecular weight excluding hydrogens is 252 g/mol. The lowest BCUT2D eigenvalue weighted by Crippen LogP contribution is -2.46. The van der Waals surface area contributed by atoms with Crippen LogP contribution in [0.3, 0.4) is 0 Å². The van der Waals surface area contributed by atoms with E-state index in [9.17, 15) is 22.4 Å². The van der Waals surface area contributed by atoms with Gasteiger partial charge in [0.15, 0.2) is 0 Å². The first-order chi connectivity index (χ1) is 6.94. The molecule has 96 valence electrons. The molecule has 0 aliphatic carbocycles. The number of hydrogen-bond acceptors (Lipinski definition) is 2. The zero-order chi connectivity index (χ0) is 11.5. The maximum Gasteiger partial charge on any atom is 0.383 e. The van der Waals surface area contributed by atoms with Crippen molar-refractivity contribution in [1.82, 2.24) is 10.6 Å². The summed E-state index contributed by atoms with van der Waals surface area (Å²) in [5.74, 6) is -6.45. The summed E-state index contributed by atoms with van der Waals surface area (Å²) in [6.45, 7) is 1.38. The van der Waals surface area contributed by atoms with Crippen LogP contribution in [0.25, 0.3) is 0 Å².